The van der Waals surface area contributed by atoms with E-state index in [-0.39, 0.29) is 12.1 Å². The highest BCUT2D eigenvalue weighted by Gasteiger charge is 2.14. The van der Waals surface area contributed by atoms with Crippen molar-refractivity contribution < 1.29 is 32.3 Å². The molecule has 2 aromatic carbocycles. The Balaban J connectivity index is 1.56. The Morgan fingerprint density at radius 2 is 1.96 bits per heavy atom. The number of benzene rings is 2. The van der Waals surface area contributed by atoms with Crippen LogP contribution in [-0.2, 0) is 20.7 Å². The molecule has 0 unspecified atom stereocenters. The number of esters is 1. The van der Waals surface area contributed by atoms with E-state index in [9.17, 15) is 18.4 Å². The predicted octanol–water partition coefficient (Wildman–Crippen LogP) is 3.44. The van der Waals surface area contributed by atoms with E-state index in [1.807, 2.05) is 0 Å². The molecule has 1 amide bonds. The normalized spacial score (nSPS) is 10.6. The monoisotopic (exact) mass is 375 g/mol. The number of rotatable bonds is 6. The van der Waals surface area contributed by atoms with Crippen LogP contribution >= 0.6 is 0 Å². The quantitative estimate of drug-likeness (QED) is 0.668. The Kier molecular flexibility index (Phi) is 5.35. The molecule has 0 radical (unpaired) electrons. The van der Waals surface area contributed by atoms with E-state index in [1.165, 1.54) is 13.4 Å². The number of nitrogens with one attached hydrogen (secondary N) is 1. The molecule has 0 bridgehead atoms. The largest absolute Gasteiger partial charge is 0.497 e. The number of hydrogen-bond acceptors (Lipinski definition) is 5. The van der Waals surface area contributed by atoms with Crippen molar-refractivity contribution in [3.05, 3.63) is 59.9 Å². The fraction of sp³-hybridized carbons (Fsp3) is 0.158. The van der Waals surface area contributed by atoms with E-state index >= 15 is 0 Å². The molecule has 3 rings (SSSR count). The van der Waals surface area contributed by atoms with Gasteiger partial charge in [0, 0.05) is 23.1 Å². The highest BCUT2D eigenvalue weighted by Crippen LogP contribution is 2.26. The van der Waals surface area contributed by atoms with Crippen LogP contribution in [0.15, 0.2) is 47.1 Å². The number of amides is 1. The molecule has 0 aliphatic rings. The number of ether oxygens (including phenoxy) is 2. The lowest BCUT2D eigenvalue weighted by Crippen LogP contribution is -2.22. The second-order valence-electron chi connectivity index (χ2n) is 5.63. The van der Waals surface area contributed by atoms with Gasteiger partial charge in [0.2, 0.25) is 0 Å². The number of hydrogen-bond donors (Lipinski definition) is 1. The van der Waals surface area contributed by atoms with Crippen LogP contribution in [0.4, 0.5) is 14.5 Å². The van der Waals surface area contributed by atoms with Gasteiger partial charge in [-0.05, 0) is 24.3 Å². The second-order valence-corrected chi connectivity index (χ2v) is 5.63. The lowest BCUT2D eigenvalue weighted by molar-refractivity contribution is -0.146. The molecule has 1 aromatic heterocycles. The van der Waals surface area contributed by atoms with E-state index in [1.54, 1.807) is 18.2 Å². The Morgan fingerprint density at radius 3 is 2.74 bits per heavy atom. The minimum absolute atomic E-state index is 0.110. The lowest BCUT2D eigenvalue weighted by atomic mass is 10.1. The second kappa shape index (κ2) is 7.86. The summed E-state index contributed by atoms with van der Waals surface area (Å²) in [7, 11) is 1.53. The van der Waals surface area contributed by atoms with Gasteiger partial charge in [0.25, 0.3) is 5.91 Å². The van der Waals surface area contributed by atoms with Crippen LogP contribution in [0.25, 0.3) is 11.0 Å². The highest BCUT2D eigenvalue weighted by molar-refractivity contribution is 5.93. The van der Waals surface area contributed by atoms with E-state index in [0.29, 0.717) is 16.9 Å². The number of carbonyl (C=O) groups excluding carboxylic acids is 2. The van der Waals surface area contributed by atoms with Gasteiger partial charge >= 0.3 is 5.97 Å². The summed E-state index contributed by atoms with van der Waals surface area (Å²) in [5.74, 6) is -2.33. The first-order chi connectivity index (χ1) is 13.0. The van der Waals surface area contributed by atoms with Gasteiger partial charge in [-0.15, -0.1) is 0 Å². The topological polar surface area (TPSA) is 77.8 Å². The molecular weight excluding hydrogens is 360 g/mol. The standard InChI is InChI=1S/C19H15F2NO5/c1-25-13-3-4-14-11(9-26-17(14)8-13)6-19(24)27-10-18(23)22-16-7-12(20)2-5-15(16)21/h2-5,7-9H,6,10H2,1H3,(H,22,23). The van der Waals surface area contributed by atoms with Gasteiger partial charge in [-0.2, -0.15) is 0 Å². The summed E-state index contributed by atoms with van der Waals surface area (Å²) >= 11 is 0. The number of fused-ring (bicyclic) bond motifs is 1. The fourth-order valence-electron chi connectivity index (χ4n) is 2.46. The predicted molar refractivity (Wildman–Crippen MR) is 92.4 cm³/mol. The van der Waals surface area contributed by atoms with Crippen molar-refractivity contribution in [1.29, 1.82) is 0 Å². The maximum absolute atomic E-state index is 13.5. The van der Waals surface area contributed by atoms with Crippen molar-refractivity contribution in [3.63, 3.8) is 0 Å². The van der Waals surface area contributed by atoms with Gasteiger partial charge in [-0.25, -0.2) is 8.78 Å². The molecule has 0 saturated carbocycles. The SMILES string of the molecule is COc1ccc2c(CC(=O)OCC(=O)Nc3cc(F)ccc3F)coc2c1. The van der Waals surface area contributed by atoms with Crippen LogP contribution in [-0.4, -0.2) is 25.6 Å². The van der Waals surface area contributed by atoms with Crippen molar-refractivity contribution in [2.24, 2.45) is 0 Å². The van der Waals surface area contributed by atoms with E-state index in [4.69, 9.17) is 13.9 Å². The molecule has 8 heteroatoms. The van der Waals surface area contributed by atoms with Crippen molar-refractivity contribution in [2.75, 3.05) is 19.0 Å². The summed E-state index contributed by atoms with van der Waals surface area (Å²) in [6, 6.07) is 7.81. The molecule has 1 N–H and O–H groups in total. The third kappa shape index (κ3) is 4.41. The summed E-state index contributed by atoms with van der Waals surface area (Å²) in [6.45, 7) is -0.627. The lowest BCUT2D eigenvalue weighted by Gasteiger charge is -2.07. The van der Waals surface area contributed by atoms with Crippen LogP contribution in [0.5, 0.6) is 5.75 Å². The van der Waals surface area contributed by atoms with Gasteiger partial charge in [-0.1, -0.05) is 0 Å². The molecule has 0 spiro atoms. The summed E-state index contributed by atoms with van der Waals surface area (Å²) < 4.78 is 41.9. The molecule has 0 fully saturated rings. The highest BCUT2D eigenvalue weighted by atomic mass is 19.1. The summed E-state index contributed by atoms with van der Waals surface area (Å²) in [4.78, 5) is 23.7. The first-order valence-electron chi connectivity index (χ1n) is 7.91. The van der Waals surface area contributed by atoms with E-state index in [0.717, 1.165) is 23.6 Å². The molecule has 1 heterocycles. The zero-order chi connectivity index (χ0) is 19.4. The average Bonchev–Trinajstić information content (AvgIpc) is 3.05. The number of methoxy groups -OCH3 is 1. The van der Waals surface area contributed by atoms with Crippen LogP contribution in [0.1, 0.15) is 5.56 Å². The maximum Gasteiger partial charge on any atom is 0.310 e. The summed E-state index contributed by atoms with van der Waals surface area (Å²) in [5, 5.41) is 2.87. The summed E-state index contributed by atoms with van der Waals surface area (Å²) in [6.07, 6.45) is 1.31. The molecule has 0 aliphatic heterocycles. The molecule has 27 heavy (non-hydrogen) atoms. The van der Waals surface area contributed by atoms with Gasteiger partial charge in [-0.3, -0.25) is 9.59 Å². The first-order valence-corrected chi connectivity index (χ1v) is 7.91. The van der Waals surface area contributed by atoms with Crippen molar-refractivity contribution in [3.8, 4) is 5.75 Å². The van der Waals surface area contributed by atoms with Gasteiger partial charge in [0.1, 0.15) is 23.0 Å². The number of halogens is 2. The van der Waals surface area contributed by atoms with Gasteiger partial charge in [0.15, 0.2) is 6.61 Å². The van der Waals surface area contributed by atoms with Crippen molar-refractivity contribution in [1.82, 2.24) is 0 Å². The zero-order valence-electron chi connectivity index (χ0n) is 14.3. The molecule has 0 saturated heterocycles. The fourth-order valence-corrected chi connectivity index (χ4v) is 2.46. The first kappa shape index (κ1) is 18.4. The number of anilines is 1. The zero-order valence-corrected chi connectivity index (χ0v) is 14.3. The van der Waals surface area contributed by atoms with Crippen LogP contribution in [0.3, 0.4) is 0 Å². The third-order valence-electron chi connectivity index (χ3n) is 3.76. The van der Waals surface area contributed by atoms with Crippen molar-refractivity contribution >= 4 is 28.5 Å². The van der Waals surface area contributed by atoms with Gasteiger partial charge in [0.05, 0.1) is 25.5 Å². The van der Waals surface area contributed by atoms with Crippen LogP contribution in [0, 0.1) is 11.6 Å². The minimum atomic E-state index is -0.795. The number of furan rings is 1. The van der Waals surface area contributed by atoms with Crippen LogP contribution < -0.4 is 10.1 Å². The molecule has 3 aromatic rings. The molecule has 0 atom stereocenters. The number of carbonyl (C=O) groups is 2. The van der Waals surface area contributed by atoms with Gasteiger partial charge < -0.3 is 19.2 Å². The van der Waals surface area contributed by atoms with Crippen LogP contribution in [0.2, 0.25) is 0 Å². The van der Waals surface area contributed by atoms with E-state index in [2.05, 4.69) is 5.32 Å². The maximum atomic E-state index is 13.5. The van der Waals surface area contributed by atoms with E-state index < -0.39 is 30.1 Å². The Morgan fingerprint density at radius 1 is 1.15 bits per heavy atom. The Bertz CT molecular complexity index is 999. The summed E-state index contributed by atoms with van der Waals surface area (Å²) in [5.41, 5.74) is 0.816. The van der Waals surface area contributed by atoms with Crippen molar-refractivity contribution in [2.45, 2.75) is 6.42 Å². The average molecular weight is 375 g/mol. The third-order valence-corrected chi connectivity index (χ3v) is 3.76. The Labute approximate surface area is 152 Å². The molecule has 6 nitrogen and oxygen atoms in total. The minimum Gasteiger partial charge on any atom is -0.497 e. The molecule has 0 aliphatic carbocycles. The smallest absolute Gasteiger partial charge is 0.310 e. The Hall–Kier alpha value is -3.42. The molecule has 140 valence electrons. The molecular formula is C19H15F2NO5.